The van der Waals surface area contributed by atoms with Crippen LogP contribution in [0.1, 0.15) is 20.8 Å². The number of nitrogens with one attached hydrogen (secondary N) is 4. The maximum atomic E-state index is 11.8. The van der Waals surface area contributed by atoms with E-state index in [9.17, 15) is 9.59 Å². The van der Waals surface area contributed by atoms with Gasteiger partial charge in [-0.15, -0.1) is 0 Å². The molecule has 11 heteroatoms. The number of hydrogen-bond acceptors (Lipinski definition) is 7. The largest absolute Gasteiger partial charge is 0.443 e. The van der Waals surface area contributed by atoms with Gasteiger partial charge in [-0.05, 0) is 69.1 Å². The fourth-order valence-electron chi connectivity index (χ4n) is 2.24. The van der Waals surface area contributed by atoms with E-state index in [2.05, 4.69) is 15.4 Å². The van der Waals surface area contributed by atoms with E-state index in [4.69, 9.17) is 39.1 Å². The summed E-state index contributed by atoms with van der Waals surface area (Å²) in [4.78, 5) is 24.1. The number of para-hydroxylation sites is 1. The number of nitrogens with two attached hydrogens (primary N) is 1. The Morgan fingerprint density at radius 2 is 1.69 bits per heavy atom. The first-order valence-electron chi connectivity index (χ1n) is 9.28. The second-order valence-corrected chi connectivity index (χ2v) is 9.09. The van der Waals surface area contributed by atoms with Gasteiger partial charge in [-0.3, -0.25) is 14.9 Å². The van der Waals surface area contributed by atoms with Crippen LogP contribution in [0.25, 0.3) is 0 Å². The Hall–Kier alpha value is -2.88. The third-order valence-corrected chi connectivity index (χ3v) is 5.03. The van der Waals surface area contributed by atoms with Crippen LogP contribution in [0.4, 0.5) is 16.2 Å². The topological polar surface area (TPSA) is 129 Å². The first kappa shape index (κ1) is 25.4. The Morgan fingerprint density at radius 3 is 2.22 bits per heavy atom. The second-order valence-electron chi connectivity index (χ2n) is 7.39. The molecule has 0 spiro atoms. The van der Waals surface area contributed by atoms with Gasteiger partial charge in [0.2, 0.25) is 0 Å². The van der Waals surface area contributed by atoms with Crippen molar-refractivity contribution >= 4 is 64.2 Å². The van der Waals surface area contributed by atoms with Gasteiger partial charge < -0.3 is 21.1 Å². The van der Waals surface area contributed by atoms with Crippen LogP contribution in [0.2, 0.25) is 10.0 Å². The number of anilines is 2. The number of halogens is 2. The molecular formula is C21H23Cl2N5O3S. The molecule has 2 rings (SSSR count). The zero-order valence-electron chi connectivity index (χ0n) is 17.6. The van der Waals surface area contributed by atoms with Crippen molar-refractivity contribution in [2.75, 3.05) is 10.6 Å². The number of carbonyl (C=O) groups is 2. The van der Waals surface area contributed by atoms with Gasteiger partial charge >= 0.3 is 6.09 Å². The van der Waals surface area contributed by atoms with Gasteiger partial charge in [0, 0.05) is 16.8 Å². The number of hydrogen-bond donors (Lipinski definition) is 5. The first-order valence-corrected chi connectivity index (χ1v) is 10.9. The molecule has 0 aromatic heterocycles. The lowest BCUT2D eigenvalue weighted by atomic mass is 10.2. The van der Waals surface area contributed by atoms with E-state index < -0.39 is 23.3 Å². The number of ether oxygens (including phenoxy) is 1. The highest BCUT2D eigenvalue weighted by atomic mass is 35.5. The van der Waals surface area contributed by atoms with Crippen molar-refractivity contribution in [1.29, 1.82) is 5.41 Å². The van der Waals surface area contributed by atoms with E-state index >= 15 is 0 Å². The van der Waals surface area contributed by atoms with Crippen LogP contribution in [-0.4, -0.2) is 23.3 Å². The maximum absolute atomic E-state index is 11.8. The molecule has 0 bridgehead atoms. The molecule has 0 aliphatic rings. The van der Waals surface area contributed by atoms with E-state index in [1.807, 2.05) is 0 Å². The fraction of sp³-hybridized carbons (Fsp3) is 0.190. The highest BCUT2D eigenvalue weighted by Gasteiger charge is 2.16. The van der Waals surface area contributed by atoms with Gasteiger partial charge in [0.1, 0.15) is 11.3 Å². The standard InChI is InChI=1S/C21H23Cl2N5O3S/c1-21(2,3)31-20(30)28-32-13-9-7-12(8-10-13)27-16(17(24)19(25)29)11-26-18-14(22)5-4-6-15(18)23/h4-11,24,26-27H,1-3H3,(H2,25,29)(H,28,30)/b16-11+,24-17?. The summed E-state index contributed by atoms with van der Waals surface area (Å²) in [7, 11) is 0. The maximum Gasteiger partial charge on any atom is 0.418 e. The average molecular weight is 496 g/mol. The van der Waals surface area contributed by atoms with Crippen LogP contribution >= 0.6 is 35.1 Å². The lowest BCUT2D eigenvalue weighted by Gasteiger charge is -2.19. The van der Waals surface area contributed by atoms with Crippen molar-refractivity contribution in [3.05, 3.63) is 64.4 Å². The zero-order chi connectivity index (χ0) is 23.9. The molecule has 2 aromatic carbocycles. The minimum Gasteiger partial charge on any atom is -0.443 e. The lowest BCUT2D eigenvalue weighted by molar-refractivity contribution is -0.112. The van der Waals surface area contributed by atoms with Gasteiger partial charge in [-0.1, -0.05) is 29.3 Å². The Labute approximate surface area is 200 Å². The molecule has 2 aromatic rings. The molecule has 170 valence electrons. The average Bonchev–Trinajstić information content (AvgIpc) is 2.70. The normalized spacial score (nSPS) is 11.5. The molecule has 2 amide bonds. The number of benzene rings is 2. The van der Waals surface area contributed by atoms with Gasteiger partial charge in [-0.25, -0.2) is 4.79 Å². The smallest absolute Gasteiger partial charge is 0.418 e. The molecule has 32 heavy (non-hydrogen) atoms. The third-order valence-electron chi connectivity index (χ3n) is 3.62. The molecule has 0 heterocycles. The van der Waals surface area contributed by atoms with Crippen LogP contribution in [0.3, 0.4) is 0 Å². The van der Waals surface area contributed by atoms with Crippen LogP contribution in [0, 0.1) is 5.41 Å². The van der Waals surface area contributed by atoms with Crippen molar-refractivity contribution in [2.24, 2.45) is 5.73 Å². The molecule has 6 N–H and O–H groups in total. The van der Waals surface area contributed by atoms with Crippen LogP contribution < -0.4 is 21.1 Å². The van der Waals surface area contributed by atoms with Crippen molar-refractivity contribution in [3.63, 3.8) is 0 Å². The number of amides is 2. The van der Waals surface area contributed by atoms with Crippen molar-refractivity contribution in [3.8, 4) is 0 Å². The van der Waals surface area contributed by atoms with E-state index in [0.29, 0.717) is 21.4 Å². The molecule has 0 aliphatic carbocycles. The molecule has 8 nitrogen and oxygen atoms in total. The lowest BCUT2D eigenvalue weighted by Crippen LogP contribution is -2.29. The van der Waals surface area contributed by atoms with Crippen LogP contribution in [0.15, 0.2) is 59.3 Å². The molecule has 0 saturated carbocycles. The summed E-state index contributed by atoms with van der Waals surface area (Å²) >= 11 is 13.4. The summed E-state index contributed by atoms with van der Waals surface area (Å²) in [6.45, 7) is 5.34. The minimum atomic E-state index is -0.912. The predicted octanol–water partition coefficient (Wildman–Crippen LogP) is 5.40. The zero-order valence-corrected chi connectivity index (χ0v) is 19.9. The number of carbonyl (C=O) groups excluding carboxylic acids is 2. The van der Waals surface area contributed by atoms with E-state index in [1.165, 1.54) is 6.20 Å². The Kier molecular flexibility index (Phi) is 8.82. The summed E-state index contributed by atoms with van der Waals surface area (Å²) in [5.74, 6) is -0.912. The summed E-state index contributed by atoms with van der Waals surface area (Å²) < 4.78 is 7.77. The van der Waals surface area contributed by atoms with Crippen molar-refractivity contribution in [2.45, 2.75) is 31.3 Å². The van der Waals surface area contributed by atoms with Gasteiger partial charge in [0.15, 0.2) is 0 Å². The molecule has 0 atom stereocenters. The molecule has 0 aliphatic heterocycles. The molecule has 0 radical (unpaired) electrons. The fourth-order valence-corrected chi connectivity index (χ4v) is 3.27. The van der Waals surface area contributed by atoms with Crippen molar-refractivity contribution < 1.29 is 14.3 Å². The third kappa shape index (κ3) is 7.99. The highest BCUT2D eigenvalue weighted by Crippen LogP contribution is 2.30. The summed E-state index contributed by atoms with van der Waals surface area (Å²) in [6, 6.07) is 11.9. The molecule has 0 unspecified atom stereocenters. The monoisotopic (exact) mass is 495 g/mol. The van der Waals surface area contributed by atoms with Gasteiger partial charge in [-0.2, -0.15) is 0 Å². The van der Waals surface area contributed by atoms with Crippen LogP contribution in [-0.2, 0) is 9.53 Å². The highest BCUT2D eigenvalue weighted by molar-refractivity contribution is 7.98. The Balaban J connectivity index is 2.10. The Morgan fingerprint density at radius 1 is 1.09 bits per heavy atom. The number of rotatable bonds is 8. The quantitative estimate of drug-likeness (QED) is 0.246. The molecule has 0 saturated heterocycles. The minimum absolute atomic E-state index is 0.112. The van der Waals surface area contributed by atoms with E-state index in [1.54, 1.807) is 63.2 Å². The molecular weight excluding hydrogens is 473 g/mol. The van der Waals surface area contributed by atoms with E-state index in [-0.39, 0.29) is 5.70 Å². The van der Waals surface area contributed by atoms with E-state index in [0.717, 1.165) is 16.8 Å². The summed E-state index contributed by atoms with van der Waals surface area (Å²) in [5.41, 5.74) is 5.36. The Bertz CT molecular complexity index is 1020. The summed E-state index contributed by atoms with van der Waals surface area (Å²) in [6.07, 6.45) is 0.835. The second kappa shape index (κ2) is 11.1. The SMILES string of the molecule is CC(C)(C)OC(=O)NSc1ccc(N/C(=C/Nc2c(Cl)cccc2Cl)C(=N)C(N)=O)cc1. The first-order chi connectivity index (χ1) is 15.0. The molecule has 0 fully saturated rings. The van der Waals surface area contributed by atoms with Crippen LogP contribution in [0.5, 0.6) is 0 Å². The summed E-state index contributed by atoms with van der Waals surface area (Å²) in [5, 5.41) is 14.6. The van der Waals surface area contributed by atoms with Crippen molar-refractivity contribution in [1.82, 2.24) is 4.72 Å². The number of primary amides is 1. The van der Waals surface area contributed by atoms with Gasteiger partial charge in [0.05, 0.1) is 21.4 Å². The predicted molar refractivity (Wildman–Crippen MR) is 130 cm³/mol. The van der Waals surface area contributed by atoms with Gasteiger partial charge in [0.25, 0.3) is 5.91 Å².